The van der Waals surface area contributed by atoms with E-state index in [1.165, 1.54) is 6.20 Å². The molecule has 0 unspecified atom stereocenters. The number of halogens is 1. The number of likely N-dealkylation sites (N-methyl/N-ethyl adjacent to an activating group) is 1. The molecule has 0 radical (unpaired) electrons. The van der Waals surface area contributed by atoms with E-state index in [0.29, 0.717) is 28.0 Å². The van der Waals surface area contributed by atoms with E-state index < -0.39 is 5.91 Å². The lowest BCUT2D eigenvalue weighted by Crippen LogP contribution is -2.44. The maximum Gasteiger partial charge on any atom is 0.250 e. The number of hydrogen-bond acceptors (Lipinski definition) is 7. The number of anilines is 5. The number of aromatic nitrogens is 2. The van der Waals surface area contributed by atoms with E-state index in [0.717, 1.165) is 37.6 Å². The minimum Gasteiger partial charge on any atom is -0.369 e. The van der Waals surface area contributed by atoms with Crippen LogP contribution in [-0.4, -0.2) is 54.0 Å². The van der Waals surface area contributed by atoms with E-state index in [2.05, 4.69) is 49.6 Å². The lowest BCUT2D eigenvalue weighted by Gasteiger charge is -2.34. The van der Waals surface area contributed by atoms with Crippen molar-refractivity contribution in [3.63, 3.8) is 0 Å². The van der Waals surface area contributed by atoms with Crippen molar-refractivity contribution in [2.75, 3.05) is 48.8 Å². The van der Waals surface area contributed by atoms with Gasteiger partial charge >= 0.3 is 0 Å². The summed E-state index contributed by atoms with van der Waals surface area (Å²) in [6.45, 7) is 4.06. The second-order valence-electron chi connectivity index (χ2n) is 7.39. The van der Waals surface area contributed by atoms with Crippen LogP contribution in [0.15, 0.2) is 54.7 Å². The average Bonchev–Trinajstić information content (AvgIpc) is 2.77. The third-order valence-corrected chi connectivity index (χ3v) is 5.44. The maximum atomic E-state index is 11.7. The Morgan fingerprint density at radius 2 is 1.84 bits per heavy atom. The Morgan fingerprint density at radius 1 is 1.06 bits per heavy atom. The molecule has 0 atom stereocenters. The third-order valence-electron chi connectivity index (χ3n) is 5.16. The van der Waals surface area contributed by atoms with Gasteiger partial charge < -0.3 is 26.2 Å². The summed E-state index contributed by atoms with van der Waals surface area (Å²) >= 11 is 6.28. The molecule has 4 N–H and O–H groups in total. The van der Waals surface area contributed by atoms with Crippen LogP contribution in [-0.2, 0) is 0 Å². The summed E-state index contributed by atoms with van der Waals surface area (Å²) in [6.07, 6.45) is 1.51. The molecular formula is C22H24ClN7O. The van der Waals surface area contributed by atoms with Gasteiger partial charge in [-0.15, -0.1) is 0 Å². The van der Waals surface area contributed by atoms with Crippen LogP contribution in [0.3, 0.4) is 0 Å². The highest BCUT2D eigenvalue weighted by atomic mass is 35.5. The first-order chi connectivity index (χ1) is 15.0. The van der Waals surface area contributed by atoms with Crippen LogP contribution >= 0.6 is 11.6 Å². The van der Waals surface area contributed by atoms with Gasteiger partial charge in [0.25, 0.3) is 5.91 Å². The highest BCUT2D eigenvalue weighted by Crippen LogP contribution is 2.27. The molecule has 2 aromatic carbocycles. The third kappa shape index (κ3) is 5.04. The number of carbonyl (C=O) groups excluding carboxylic acids is 1. The van der Waals surface area contributed by atoms with Crippen molar-refractivity contribution in [3.05, 3.63) is 65.3 Å². The summed E-state index contributed by atoms with van der Waals surface area (Å²) in [5, 5.41) is 6.64. The van der Waals surface area contributed by atoms with Gasteiger partial charge in [-0.1, -0.05) is 29.8 Å². The van der Waals surface area contributed by atoms with Crippen molar-refractivity contribution in [1.82, 2.24) is 14.9 Å². The standard InChI is InChI=1S/C22H24ClN7O/c1-29-9-11-30(12-10-29)16-6-4-5-15(13-16)26-22-25-14-18(23)21(28-22)27-19-8-3-2-7-17(19)20(24)31/h2-8,13-14H,9-12H2,1H3,(H2,24,31)(H2,25,26,27,28). The Morgan fingerprint density at radius 3 is 2.61 bits per heavy atom. The molecule has 3 aromatic rings. The molecule has 2 heterocycles. The summed E-state index contributed by atoms with van der Waals surface area (Å²) in [4.78, 5) is 25.1. The number of nitrogens with one attached hydrogen (secondary N) is 2. The van der Waals surface area contributed by atoms with Gasteiger partial charge in [-0.05, 0) is 37.4 Å². The van der Waals surface area contributed by atoms with Crippen LogP contribution in [0.2, 0.25) is 5.02 Å². The van der Waals surface area contributed by atoms with Crippen LogP contribution in [0.4, 0.5) is 28.8 Å². The molecule has 4 rings (SSSR count). The van der Waals surface area contributed by atoms with Gasteiger partial charge in [0.05, 0.1) is 17.4 Å². The average molecular weight is 438 g/mol. The molecule has 1 amide bonds. The number of benzene rings is 2. The molecule has 8 nitrogen and oxygen atoms in total. The lowest BCUT2D eigenvalue weighted by atomic mass is 10.1. The summed E-state index contributed by atoms with van der Waals surface area (Å²) in [7, 11) is 2.14. The Kier molecular flexibility index (Phi) is 6.20. The van der Waals surface area contributed by atoms with Gasteiger partial charge in [0, 0.05) is 37.6 Å². The number of primary amides is 1. The Hall–Kier alpha value is -3.36. The van der Waals surface area contributed by atoms with Gasteiger partial charge in [0.2, 0.25) is 5.95 Å². The normalized spacial score (nSPS) is 14.3. The van der Waals surface area contributed by atoms with Gasteiger partial charge in [-0.3, -0.25) is 4.79 Å². The zero-order valence-corrected chi connectivity index (χ0v) is 17.9. The topological polar surface area (TPSA) is 99.4 Å². The highest BCUT2D eigenvalue weighted by Gasteiger charge is 2.15. The predicted molar refractivity (Wildman–Crippen MR) is 125 cm³/mol. The molecule has 0 bridgehead atoms. The first-order valence-electron chi connectivity index (χ1n) is 9.98. The second-order valence-corrected chi connectivity index (χ2v) is 7.80. The van der Waals surface area contributed by atoms with Crippen molar-refractivity contribution >= 4 is 46.3 Å². The Labute approximate surface area is 186 Å². The first kappa shape index (κ1) is 20.9. The van der Waals surface area contributed by atoms with E-state index in [1.807, 2.05) is 12.1 Å². The fourth-order valence-electron chi connectivity index (χ4n) is 3.42. The molecule has 0 aliphatic carbocycles. The summed E-state index contributed by atoms with van der Waals surface area (Å²) in [5.74, 6) is 0.231. The first-order valence-corrected chi connectivity index (χ1v) is 10.4. The second kappa shape index (κ2) is 9.20. The fraction of sp³-hybridized carbons (Fsp3) is 0.227. The van der Waals surface area contributed by atoms with Gasteiger partial charge in [-0.2, -0.15) is 4.98 Å². The minimum absolute atomic E-state index is 0.330. The van der Waals surface area contributed by atoms with Gasteiger partial charge in [0.1, 0.15) is 5.02 Å². The lowest BCUT2D eigenvalue weighted by molar-refractivity contribution is 0.100. The SMILES string of the molecule is CN1CCN(c2cccc(Nc3ncc(Cl)c(Nc4ccccc4C(N)=O)n3)c2)CC1. The largest absolute Gasteiger partial charge is 0.369 e. The van der Waals surface area contributed by atoms with E-state index >= 15 is 0 Å². The molecule has 1 aromatic heterocycles. The van der Waals surface area contributed by atoms with Crippen molar-refractivity contribution < 1.29 is 4.79 Å². The molecule has 1 aliphatic heterocycles. The number of amides is 1. The van der Waals surface area contributed by atoms with Crippen molar-refractivity contribution in [2.45, 2.75) is 0 Å². The van der Waals surface area contributed by atoms with Crippen LogP contribution < -0.4 is 21.3 Å². The van der Waals surface area contributed by atoms with Crippen molar-refractivity contribution in [1.29, 1.82) is 0 Å². The number of nitrogens with two attached hydrogens (primary N) is 1. The number of piperazine rings is 1. The molecule has 1 aliphatic rings. The monoisotopic (exact) mass is 437 g/mol. The van der Waals surface area contributed by atoms with E-state index in [4.69, 9.17) is 17.3 Å². The molecule has 1 fully saturated rings. The summed E-state index contributed by atoms with van der Waals surface area (Å²) in [5.41, 5.74) is 8.37. The Balaban J connectivity index is 1.53. The molecular weight excluding hydrogens is 414 g/mol. The van der Waals surface area contributed by atoms with Crippen LogP contribution in [0.5, 0.6) is 0 Å². The fourth-order valence-corrected chi connectivity index (χ4v) is 3.56. The molecule has 160 valence electrons. The number of rotatable bonds is 6. The molecule has 0 saturated carbocycles. The number of hydrogen-bond donors (Lipinski definition) is 3. The quantitative estimate of drug-likeness (QED) is 0.543. The molecule has 1 saturated heterocycles. The van der Waals surface area contributed by atoms with Crippen LogP contribution in [0, 0.1) is 0 Å². The van der Waals surface area contributed by atoms with Gasteiger partial charge in [0.15, 0.2) is 5.82 Å². The number of carbonyl (C=O) groups is 1. The zero-order chi connectivity index (χ0) is 21.8. The van der Waals surface area contributed by atoms with Crippen molar-refractivity contribution in [2.24, 2.45) is 5.73 Å². The Bertz CT molecular complexity index is 1080. The maximum absolute atomic E-state index is 11.7. The summed E-state index contributed by atoms with van der Waals surface area (Å²) < 4.78 is 0. The van der Waals surface area contributed by atoms with E-state index in [1.54, 1.807) is 24.3 Å². The van der Waals surface area contributed by atoms with Crippen molar-refractivity contribution in [3.8, 4) is 0 Å². The van der Waals surface area contributed by atoms with Crippen LogP contribution in [0.25, 0.3) is 0 Å². The number of para-hydroxylation sites is 1. The van der Waals surface area contributed by atoms with E-state index in [-0.39, 0.29) is 0 Å². The smallest absolute Gasteiger partial charge is 0.250 e. The number of nitrogens with zero attached hydrogens (tertiary/aromatic N) is 4. The molecule has 9 heteroatoms. The predicted octanol–water partition coefficient (Wildman–Crippen LogP) is 3.47. The minimum atomic E-state index is -0.535. The zero-order valence-electron chi connectivity index (χ0n) is 17.2. The van der Waals surface area contributed by atoms with Gasteiger partial charge in [-0.25, -0.2) is 4.98 Å². The highest BCUT2D eigenvalue weighted by molar-refractivity contribution is 6.33. The molecule has 0 spiro atoms. The molecule has 31 heavy (non-hydrogen) atoms. The summed E-state index contributed by atoms with van der Waals surface area (Å²) in [6, 6.07) is 15.1. The van der Waals surface area contributed by atoms with E-state index in [9.17, 15) is 4.79 Å². The van der Waals surface area contributed by atoms with Crippen LogP contribution in [0.1, 0.15) is 10.4 Å².